The third kappa shape index (κ3) is 25.4. The third-order valence-electron chi connectivity index (χ3n) is 15.7. The van der Waals surface area contributed by atoms with E-state index >= 15 is 0 Å². The minimum atomic E-state index is -1.43. The Kier molecular flexibility index (Phi) is 33.9. The first kappa shape index (κ1) is 74.8. The van der Waals surface area contributed by atoms with Crippen molar-refractivity contribution in [2.45, 2.75) is 215 Å². The van der Waals surface area contributed by atoms with Crippen LogP contribution in [0.1, 0.15) is 153 Å². The van der Waals surface area contributed by atoms with Crippen LogP contribution < -0.4 is 26.6 Å². The molecule has 0 aliphatic carbocycles. The fraction of sp³-hybridized carbons (Fsp3) is 0.774. The summed E-state index contributed by atoms with van der Waals surface area (Å²) in [6.07, 6.45) is 0.0136. The van der Waals surface area contributed by atoms with Crippen molar-refractivity contribution in [1.82, 2.24) is 36.4 Å². The minimum absolute atomic E-state index is 0.0116. The monoisotopic (exact) mass is 1190 g/mol. The number of esters is 2. The normalized spacial score (nSPS) is 17.6. The summed E-state index contributed by atoms with van der Waals surface area (Å²) in [6.45, 7) is 22.8. The summed E-state index contributed by atoms with van der Waals surface area (Å²) < 4.78 is 28.1. The first-order valence-electron chi connectivity index (χ1n) is 30.3. The van der Waals surface area contributed by atoms with Crippen LogP contribution in [-0.4, -0.2) is 189 Å². The molecule has 480 valence electrons. The molecule has 0 spiro atoms. The number of ether oxygens (including phenoxy) is 5. The Morgan fingerprint density at radius 1 is 0.810 bits per heavy atom. The van der Waals surface area contributed by atoms with E-state index in [1.165, 1.54) is 21.1 Å². The summed E-state index contributed by atoms with van der Waals surface area (Å²) in [5.74, 6) is -4.26. The average Bonchev–Trinajstić information content (AvgIpc) is 4.14. The van der Waals surface area contributed by atoms with Gasteiger partial charge in [0.2, 0.25) is 35.4 Å². The maximum Gasteiger partial charge on any atom is 0.328 e. The molecule has 2 unspecified atom stereocenters. The molecule has 12 atom stereocenters. The number of hydrogen-bond acceptors (Lipinski definition) is 16. The van der Waals surface area contributed by atoms with Crippen LogP contribution in [0.15, 0.2) is 30.3 Å². The van der Waals surface area contributed by atoms with E-state index in [-0.39, 0.29) is 99.2 Å². The Labute approximate surface area is 501 Å². The van der Waals surface area contributed by atoms with Crippen molar-refractivity contribution >= 4 is 47.4 Å². The first-order valence-corrected chi connectivity index (χ1v) is 30.3. The number of benzene rings is 1. The zero-order chi connectivity index (χ0) is 63.4. The molecular weight excluding hydrogens is 1080 g/mol. The number of nitrogens with zero attached hydrogens (tertiary/aromatic N) is 2. The second kappa shape index (κ2) is 38.0. The molecule has 7 N–H and O–H groups in total. The highest BCUT2D eigenvalue weighted by Crippen LogP contribution is 2.32. The molecule has 22 nitrogen and oxygen atoms in total. The molecule has 1 aliphatic rings. The fourth-order valence-corrected chi connectivity index (χ4v) is 11.3. The zero-order valence-electron chi connectivity index (χ0n) is 53.5. The Balaban J connectivity index is 2.01. The van der Waals surface area contributed by atoms with Gasteiger partial charge in [0.05, 0.1) is 62.0 Å². The van der Waals surface area contributed by atoms with Gasteiger partial charge < -0.3 is 70.3 Å². The van der Waals surface area contributed by atoms with Crippen LogP contribution in [0.2, 0.25) is 0 Å². The van der Waals surface area contributed by atoms with E-state index in [1.807, 2.05) is 71.9 Å². The van der Waals surface area contributed by atoms with Crippen LogP contribution in [0.25, 0.3) is 0 Å². The van der Waals surface area contributed by atoms with Crippen molar-refractivity contribution in [3.63, 3.8) is 0 Å². The lowest BCUT2D eigenvalue weighted by Crippen LogP contribution is -2.59. The van der Waals surface area contributed by atoms with Crippen molar-refractivity contribution in [2.24, 2.45) is 35.0 Å². The van der Waals surface area contributed by atoms with Crippen LogP contribution in [0.5, 0.6) is 0 Å². The summed E-state index contributed by atoms with van der Waals surface area (Å²) in [6, 6.07) is 4.86. The number of aliphatic hydroxyl groups is 2. The first-order chi connectivity index (χ1) is 39.6. The van der Waals surface area contributed by atoms with Crippen LogP contribution >= 0.6 is 0 Å². The maximum atomic E-state index is 14.5. The van der Waals surface area contributed by atoms with E-state index in [0.717, 1.165) is 12.0 Å². The van der Waals surface area contributed by atoms with Crippen molar-refractivity contribution in [2.75, 3.05) is 61.2 Å². The van der Waals surface area contributed by atoms with Gasteiger partial charge in [-0.3, -0.25) is 33.6 Å². The van der Waals surface area contributed by atoms with E-state index in [9.17, 15) is 48.6 Å². The number of carbonyl (C=O) groups excluding carboxylic acids is 8. The molecule has 0 bridgehead atoms. The predicted molar refractivity (Wildman–Crippen MR) is 319 cm³/mol. The molecule has 0 saturated carbocycles. The van der Waals surface area contributed by atoms with Gasteiger partial charge in [0.15, 0.2) is 6.29 Å². The quantitative estimate of drug-likeness (QED) is 0.0272. The Morgan fingerprint density at radius 3 is 2.04 bits per heavy atom. The topological polar surface area (TPSA) is 290 Å². The van der Waals surface area contributed by atoms with Gasteiger partial charge in [0, 0.05) is 53.6 Å². The summed E-state index contributed by atoms with van der Waals surface area (Å²) in [7, 11) is 6.42. The number of hydrogen-bond donors (Lipinski definition) is 7. The molecule has 1 aliphatic heterocycles. The molecule has 1 aromatic carbocycles. The Morgan fingerprint density at radius 2 is 1.46 bits per heavy atom. The van der Waals surface area contributed by atoms with E-state index in [1.54, 1.807) is 30.8 Å². The van der Waals surface area contributed by atoms with Crippen molar-refractivity contribution in [1.29, 1.82) is 0 Å². The Bertz CT molecular complexity index is 2180. The zero-order valence-corrected chi connectivity index (χ0v) is 53.5. The van der Waals surface area contributed by atoms with E-state index in [0.29, 0.717) is 38.1 Å². The second-order valence-corrected chi connectivity index (χ2v) is 24.6. The third-order valence-corrected chi connectivity index (χ3v) is 15.7. The van der Waals surface area contributed by atoms with Gasteiger partial charge in [-0.2, -0.15) is 0 Å². The maximum absolute atomic E-state index is 14.5. The molecule has 84 heavy (non-hydrogen) atoms. The number of carbonyl (C=O) groups is 8. The lowest BCUT2D eigenvalue weighted by molar-refractivity contribution is -0.188. The van der Waals surface area contributed by atoms with E-state index in [4.69, 9.17) is 23.7 Å². The highest BCUT2D eigenvalue weighted by Gasteiger charge is 2.44. The minimum Gasteiger partial charge on any atom is -0.464 e. The molecule has 2 rings (SSSR count). The summed E-state index contributed by atoms with van der Waals surface area (Å²) >= 11 is 0. The molecule has 22 heteroatoms. The van der Waals surface area contributed by atoms with Gasteiger partial charge in [0.25, 0.3) is 0 Å². The molecule has 1 fully saturated rings. The van der Waals surface area contributed by atoms with Crippen molar-refractivity contribution < 1.29 is 72.3 Å². The number of amides is 6. The molecule has 0 radical (unpaired) electrons. The molecule has 0 aromatic heterocycles. The number of likely N-dealkylation sites (tertiary alicyclic amines) is 1. The predicted octanol–water partition coefficient (Wildman–Crippen LogP) is 4.45. The van der Waals surface area contributed by atoms with Gasteiger partial charge in [-0.15, -0.1) is 0 Å². The largest absolute Gasteiger partial charge is 0.464 e. The van der Waals surface area contributed by atoms with Gasteiger partial charge in [-0.25, -0.2) is 4.79 Å². The van der Waals surface area contributed by atoms with Crippen LogP contribution in [0, 0.1) is 35.0 Å². The number of likely N-dealkylation sites (N-methyl/N-ethyl adjacent to an activating group) is 2. The number of rotatable bonds is 40. The lowest BCUT2D eigenvalue weighted by Gasteiger charge is -2.41. The van der Waals surface area contributed by atoms with Gasteiger partial charge in [-0.05, 0) is 87.1 Å². The summed E-state index contributed by atoms with van der Waals surface area (Å²) in [4.78, 5) is 111. The van der Waals surface area contributed by atoms with Gasteiger partial charge in [0.1, 0.15) is 24.7 Å². The number of methoxy groups -OCH3 is 2. The van der Waals surface area contributed by atoms with Crippen LogP contribution in [0.4, 0.5) is 0 Å². The SMILES string of the molecule is CC[C@H](C)[C@@H]([C@@H](CC(=O)N1CCC[C@H]1[C@H](OC)[C@@H](C)C(=O)N[C@@H](Cc1ccccc1)C(=O)NCCCOC(=O)[C@H](C)NC(=O)CCCC(=O)OCC(O)OC(CO)CC(C)(C)CC(C)C)OC)N(C)C(=O)[C@@H](NC(=O)[C@@H](NC)C(C)C)C(C)C. The summed E-state index contributed by atoms with van der Waals surface area (Å²) in [5.41, 5.74) is 0.662. The van der Waals surface area contributed by atoms with Crippen LogP contribution in [0.3, 0.4) is 0 Å². The smallest absolute Gasteiger partial charge is 0.328 e. The van der Waals surface area contributed by atoms with E-state index < -0.39 is 103 Å². The second-order valence-electron chi connectivity index (χ2n) is 24.6. The standard InChI is InChI=1S/C62H107N7O15/c1-17-41(8)55(68(14)60(78)54(40(6)7)67-59(77)53(63-13)39(4)5)48(80-15)33-50(72)69-30-22-26-47(69)56(81-16)42(9)57(75)66-46(32-44-24-19-18-20-25-44)58(76)64-29-23-31-82-61(79)43(10)65-49(71)27-21-28-51(73)83-37-52(74)84-45(36-70)35-62(11,12)34-38(2)3/h18-20,24-25,38-43,45-48,52-56,63,70,74H,17,21-23,26-37H2,1-16H3,(H,64,76)(H,65,71)(H,66,75)(H,67,77)/t41-,42+,43-,45?,46-,47-,48+,52?,53-,54-,55-,56+/m0/s1. The lowest BCUT2D eigenvalue weighted by atomic mass is 9.79. The molecule has 1 saturated heterocycles. The number of aliphatic hydroxyl groups excluding tert-OH is 2. The number of nitrogens with one attached hydrogen (secondary N) is 5. The fourth-order valence-electron chi connectivity index (χ4n) is 11.3. The van der Waals surface area contributed by atoms with Gasteiger partial charge in [-0.1, -0.05) is 113 Å². The Hall–Kier alpha value is -5.26. The summed E-state index contributed by atoms with van der Waals surface area (Å²) in [5, 5.41) is 34.4. The van der Waals surface area contributed by atoms with Gasteiger partial charge >= 0.3 is 11.9 Å². The molecule has 1 aromatic rings. The molecular formula is C62H107N7O15. The van der Waals surface area contributed by atoms with E-state index in [2.05, 4.69) is 54.3 Å². The highest BCUT2D eigenvalue weighted by molar-refractivity contribution is 5.91. The molecule has 6 amide bonds. The average molecular weight is 1190 g/mol. The van der Waals surface area contributed by atoms with Crippen molar-refractivity contribution in [3.8, 4) is 0 Å². The molecule has 1 heterocycles. The van der Waals surface area contributed by atoms with Crippen molar-refractivity contribution in [3.05, 3.63) is 35.9 Å². The van der Waals surface area contributed by atoms with Crippen LogP contribution in [-0.2, 0) is 68.5 Å². The highest BCUT2D eigenvalue weighted by atomic mass is 16.6.